The molecule has 0 spiro atoms. The molecule has 3 N–H and O–H groups in total. The number of aliphatic hydroxyl groups is 1. The zero-order valence-electron chi connectivity index (χ0n) is 15.9. The highest BCUT2D eigenvalue weighted by atomic mass is 16.3. The number of imidazole rings is 1. The lowest BCUT2D eigenvalue weighted by molar-refractivity contribution is 0.0702. The van der Waals surface area contributed by atoms with Gasteiger partial charge in [-0.1, -0.05) is 6.07 Å². The minimum Gasteiger partial charge on any atom is -0.396 e. The molecule has 1 saturated carbocycles. The van der Waals surface area contributed by atoms with Gasteiger partial charge < -0.3 is 20.3 Å². The topological polar surface area (TPSA) is 84.5 Å². The molecule has 0 bridgehead atoms. The Hall–Kier alpha value is -2.12. The molecule has 2 fully saturated rings. The van der Waals surface area contributed by atoms with Crippen molar-refractivity contribution in [3.05, 3.63) is 29.6 Å². The monoisotopic (exact) mass is 371 g/mol. The Labute approximate surface area is 159 Å². The van der Waals surface area contributed by atoms with Crippen molar-refractivity contribution >= 4 is 17.1 Å². The number of aromatic nitrogens is 2. The van der Waals surface area contributed by atoms with Gasteiger partial charge in [-0.3, -0.25) is 4.90 Å². The van der Waals surface area contributed by atoms with Crippen LogP contribution in [0.4, 0.5) is 4.79 Å². The van der Waals surface area contributed by atoms with Gasteiger partial charge >= 0.3 is 6.03 Å². The third kappa shape index (κ3) is 4.42. The molecule has 1 atom stereocenters. The summed E-state index contributed by atoms with van der Waals surface area (Å²) in [7, 11) is 0. The molecule has 2 amide bonds. The van der Waals surface area contributed by atoms with Crippen molar-refractivity contribution in [2.45, 2.75) is 38.8 Å². The summed E-state index contributed by atoms with van der Waals surface area (Å²) >= 11 is 0. The zero-order valence-corrected chi connectivity index (χ0v) is 15.9. The number of fused-ring (bicyclic) bond motifs is 1. The van der Waals surface area contributed by atoms with Gasteiger partial charge in [-0.25, -0.2) is 9.78 Å². The first-order chi connectivity index (χ1) is 13.1. The van der Waals surface area contributed by atoms with Crippen LogP contribution in [-0.2, 0) is 6.54 Å². The van der Waals surface area contributed by atoms with Crippen LogP contribution in [0, 0.1) is 12.8 Å². The Bertz CT molecular complexity index is 801. The number of nitrogens with zero attached hydrogens (tertiary/aromatic N) is 3. The van der Waals surface area contributed by atoms with Crippen molar-refractivity contribution in [3.63, 3.8) is 0 Å². The molecule has 7 nitrogen and oxygen atoms in total. The Kier molecular flexibility index (Phi) is 5.31. The van der Waals surface area contributed by atoms with E-state index in [2.05, 4.69) is 26.3 Å². The van der Waals surface area contributed by atoms with E-state index in [4.69, 9.17) is 0 Å². The Morgan fingerprint density at radius 3 is 3.00 bits per heavy atom. The van der Waals surface area contributed by atoms with Crippen LogP contribution < -0.4 is 5.32 Å². The number of carbonyl (C=O) groups excluding carboxylic acids is 1. The standard InChI is InChI=1S/C20H29N5O2/c1-14-2-5-17-18(10-14)23-19(22-17)11-21-20(27)25-8-7-24(12-15-3-4-15)16(13-25)6-9-26/h2,5,10,15-16,26H,3-4,6-9,11-13H2,1H3,(H,21,27)(H,22,23)/t16-/m1/s1. The molecular weight excluding hydrogens is 342 g/mol. The predicted molar refractivity (Wildman–Crippen MR) is 104 cm³/mol. The summed E-state index contributed by atoms with van der Waals surface area (Å²) in [4.78, 5) is 24.8. The predicted octanol–water partition coefficient (Wildman–Crippen LogP) is 1.86. The summed E-state index contributed by atoms with van der Waals surface area (Å²) in [6.07, 6.45) is 3.37. The zero-order chi connectivity index (χ0) is 18.8. The van der Waals surface area contributed by atoms with E-state index in [0.717, 1.165) is 48.8 Å². The van der Waals surface area contributed by atoms with E-state index in [-0.39, 0.29) is 18.7 Å². The van der Waals surface area contributed by atoms with Gasteiger partial charge in [0.15, 0.2) is 0 Å². The van der Waals surface area contributed by atoms with E-state index in [9.17, 15) is 9.90 Å². The highest BCUT2D eigenvalue weighted by molar-refractivity contribution is 5.76. The highest BCUT2D eigenvalue weighted by Gasteiger charge is 2.33. The van der Waals surface area contributed by atoms with Crippen LogP contribution in [-0.4, -0.2) is 69.7 Å². The quantitative estimate of drug-likeness (QED) is 0.724. The van der Waals surface area contributed by atoms with E-state index >= 15 is 0 Å². The SMILES string of the molecule is Cc1ccc2nc(CNC(=O)N3CCN(CC4CC4)[C@H](CCO)C3)[nH]c2c1. The van der Waals surface area contributed by atoms with E-state index < -0.39 is 0 Å². The smallest absolute Gasteiger partial charge is 0.317 e. The molecule has 1 aromatic carbocycles. The molecule has 2 heterocycles. The molecule has 146 valence electrons. The van der Waals surface area contributed by atoms with E-state index in [0.29, 0.717) is 13.1 Å². The summed E-state index contributed by atoms with van der Waals surface area (Å²) in [6, 6.07) is 6.29. The normalized spacial score (nSPS) is 21.0. The van der Waals surface area contributed by atoms with E-state index in [1.165, 1.54) is 18.4 Å². The number of H-pyrrole nitrogens is 1. The van der Waals surface area contributed by atoms with Crippen molar-refractivity contribution in [1.29, 1.82) is 0 Å². The molecule has 1 saturated heterocycles. The van der Waals surface area contributed by atoms with Gasteiger partial charge in [0.25, 0.3) is 0 Å². The van der Waals surface area contributed by atoms with Crippen LogP contribution in [0.25, 0.3) is 11.0 Å². The number of urea groups is 1. The van der Waals surface area contributed by atoms with Crippen LogP contribution >= 0.6 is 0 Å². The number of hydrogen-bond acceptors (Lipinski definition) is 4. The maximum atomic E-state index is 12.6. The van der Waals surface area contributed by atoms with Gasteiger partial charge in [0, 0.05) is 38.8 Å². The van der Waals surface area contributed by atoms with Crippen LogP contribution in [0.5, 0.6) is 0 Å². The molecule has 1 aromatic heterocycles. The van der Waals surface area contributed by atoms with Crippen molar-refractivity contribution in [2.75, 3.05) is 32.8 Å². The van der Waals surface area contributed by atoms with Crippen LogP contribution in [0.1, 0.15) is 30.7 Å². The molecule has 27 heavy (non-hydrogen) atoms. The summed E-state index contributed by atoms with van der Waals surface area (Å²) in [5, 5.41) is 12.4. The third-order valence-electron chi connectivity index (χ3n) is 5.64. The number of piperazine rings is 1. The fourth-order valence-corrected chi connectivity index (χ4v) is 3.90. The first-order valence-electron chi connectivity index (χ1n) is 9.95. The summed E-state index contributed by atoms with van der Waals surface area (Å²) in [5.74, 6) is 1.59. The van der Waals surface area contributed by atoms with E-state index in [1.807, 2.05) is 24.0 Å². The maximum absolute atomic E-state index is 12.6. The van der Waals surface area contributed by atoms with Crippen molar-refractivity contribution in [3.8, 4) is 0 Å². The lowest BCUT2D eigenvalue weighted by Gasteiger charge is -2.41. The molecule has 7 heteroatoms. The number of rotatable bonds is 6. The molecule has 0 radical (unpaired) electrons. The molecule has 2 aromatic rings. The van der Waals surface area contributed by atoms with Gasteiger partial charge in [0.2, 0.25) is 0 Å². The fraction of sp³-hybridized carbons (Fsp3) is 0.600. The molecule has 4 rings (SSSR count). The van der Waals surface area contributed by atoms with Crippen molar-refractivity contribution in [2.24, 2.45) is 5.92 Å². The van der Waals surface area contributed by atoms with Crippen LogP contribution in [0.15, 0.2) is 18.2 Å². The minimum absolute atomic E-state index is 0.0550. The average Bonchev–Trinajstić information content (AvgIpc) is 3.38. The number of benzene rings is 1. The molecule has 2 aliphatic rings. The lowest BCUT2D eigenvalue weighted by Crippen LogP contribution is -2.57. The Morgan fingerprint density at radius 2 is 2.22 bits per heavy atom. The Balaban J connectivity index is 1.33. The van der Waals surface area contributed by atoms with Crippen molar-refractivity contribution in [1.82, 2.24) is 25.1 Å². The van der Waals surface area contributed by atoms with Crippen LogP contribution in [0.2, 0.25) is 0 Å². The highest BCUT2D eigenvalue weighted by Crippen LogP contribution is 2.31. The number of nitrogens with one attached hydrogen (secondary N) is 2. The average molecular weight is 371 g/mol. The number of aliphatic hydroxyl groups excluding tert-OH is 1. The Morgan fingerprint density at radius 1 is 1.37 bits per heavy atom. The second kappa shape index (κ2) is 7.86. The van der Waals surface area contributed by atoms with E-state index in [1.54, 1.807) is 0 Å². The number of aryl methyl sites for hydroxylation is 1. The molecule has 0 unspecified atom stereocenters. The minimum atomic E-state index is -0.0550. The largest absolute Gasteiger partial charge is 0.396 e. The van der Waals surface area contributed by atoms with Crippen molar-refractivity contribution < 1.29 is 9.90 Å². The molecular formula is C20H29N5O2. The molecule has 1 aliphatic carbocycles. The number of aromatic amines is 1. The summed E-state index contributed by atoms with van der Waals surface area (Å²) < 4.78 is 0. The molecule has 1 aliphatic heterocycles. The van der Waals surface area contributed by atoms with Gasteiger partial charge in [-0.2, -0.15) is 0 Å². The maximum Gasteiger partial charge on any atom is 0.317 e. The van der Waals surface area contributed by atoms with Gasteiger partial charge in [-0.05, 0) is 49.8 Å². The second-order valence-corrected chi connectivity index (χ2v) is 7.91. The van der Waals surface area contributed by atoms with Gasteiger partial charge in [0.05, 0.1) is 17.6 Å². The van der Waals surface area contributed by atoms with Crippen LogP contribution in [0.3, 0.4) is 0 Å². The first-order valence-corrected chi connectivity index (χ1v) is 9.95. The first kappa shape index (κ1) is 18.3. The number of hydrogen-bond donors (Lipinski definition) is 3. The lowest BCUT2D eigenvalue weighted by atomic mass is 10.1. The van der Waals surface area contributed by atoms with Gasteiger partial charge in [-0.15, -0.1) is 0 Å². The van der Waals surface area contributed by atoms with Gasteiger partial charge in [0.1, 0.15) is 5.82 Å². The summed E-state index contributed by atoms with van der Waals surface area (Å²) in [6.45, 7) is 6.02. The third-order valence-corrected chi connectivity index (χ3v) is 5.64. The summed E-state index contributed by atoms with van der Waals surface area (Å²) in [5.41, 5.74) is 3.10. The number of carbonyl (C=O) groups is 1. The number of amides is 2. The second-order valence-electron chi connectivity index (χ2n) is 7.91. The fourth-order valence-electron chi connectivity index (χ4n) is 3.90.